The van der Waals surface area contributed by atoms with Gasteiger partial charge in [0, 0.05) is 6.04 Å². The molecule has 0 aromatic carbocycles. The molecule has 0 aliphatic heterocycles. The SMILES string of the molecule is CCC(CC)NC(=O)CNC(=O)CNC(=O)CN(CC(=O)OC)C(=O)CNC(=O)CN. The Bertz CT molecular complexity index is 651. The molecule has 0 heterocycles. The van der Waals surface area contributed by atoms with E-state index in [2.05, 4.69) is 26.0 Å². The van der Waals surface area contributed by atoms with Crippen LogP contribution >= 0.6 is 0 Å². The van der Waals surface area contributed by atoms with Crippen LogP contribution in [0.2, 0.25) is 0 Å². The summed E-state index contributed by atoms with van der Waals surface area (Å²) in [6, 6.07) is 0.0251. The van der Waals surface area contributed by atoms with Crippen LogP contribution in [0.3, 0.4) is 0 Å². The van der Waals surface area contributed by atoms with Crippen LogP contribution in [-0.4, -0.2) is 92.8 Å². The van der Waals surface area contributed by atoms with Crippen molar-refractivity contribution in [2.75, 3.05) is 46.4 Å². The van der Waals surface area contributed by atoms with Gasteiger partial charge in [0.05, 0.1) is 33.3 Å². The standard InChI is InChI=1S/C18H32N6O7/c1-4-12(5-2)23-15(27)8-20-14(26)7-21-16(28)10-24(11-18(30)31-3)17(29)9-22-13(25)6-19/h12H,4-11,19H2,1-3H3,(H,20,26)(H,21,28)(H,22,25)(H,23,27). The fourth-order valence-electron chi connectivity index (χ4n) is 2.23. The number of rotatable bonds is 14. The van der Waals surface area contributed by atoms with E-state index in [0.29, 0.717) is 0 Å². The number of carbonyl (C=O) groups is 6. The van der Waals surface area contributed by atoms with Gasteiger partial charge in [-0.1, -0.05) is 13.8 Å². The van der Waals surface area contributed by atoms with E-state index in [-0.39, 0.29) is 25.0 Å². The van der Waals surface area contributed by atoms with Crippen molar-refractivity contribution in [2.24, 2.45) is 5.73 Å². The van der Waals surface area contributed by atoms with Gasteiger partial charge in [0.1, 0.15) is 13.1 Å². The summed E-state index contributed by atoms with van der Waals surface area (Å²) in [4.78, 5) is 71.3. The summed E-state index contributed by atoms with van der Waals surface area (Å²) >= 11 is 0. The molecule has 0 rings (SSSR count). The molecule has 176 valence electrons. The first-order valence-electron chi connectivity index (χ1n) is 9.80. The molecular formula is C18H32N6O7. The normalized spacial score (nSPS) is 10.1. The van der Waals surface area contributed by atoms with E-state index >= 15 is 0 Å². The minimum atomic E-state index is -0.771. The summed E-state index contributed by atoms with van der Waals surface area (Å²) in [7, 11) is 1.12. The topological polar surface area (TPSA) is 189 Å². The highest BCUT2D eigenvalue weighted by atomic mass is 16.5. The molecule has 0 radical (unpaired) electrons. The molecule has 13 heteroatoms. The lowest BCUT2D eigenvalue weighted by atomic mass is 10.2. The minimum absolute atomic E-state index is 0.0251. The van der Waals surface area contributed by atoms with E-state index in [1.165, 1.54) is 0 Å². The minimum Gasteiger partial charge on any atom is -0.468 e. The predicted octanol–water partition coefficient (Wildman–Crippen LogP) is -3.40. The second kappa shape index (κ2) is 15.6. The van der Waals surface area contributed by atoms with Crippen molar-refractivity contribution in [1.82, 2.24) is 26.2 Å². The van der Waals surface area contributed by atoms with Crippen molar-refractivity contribution >= 4 is 35.5 Å². The van der Waals surface area contributed by atoms with Gasteiger partial charge in [-0.15, -0.1) is 0 Å². The van der Waals surface area contributed by atoms with Crippen LogP contribution < -0.4 is 27.0 Å². The van der Waals surface area contributed by atoms with Crippen LogP contribution in [-0.2, 0) is 33.5 Å². The van der Waals surface area contributed by atoms with Gasteiger partial charge in [0.2, 0.25) is 29.5 Å². The highest BCUT2D eigenvalue weighted by Crippen LogP contribution is 1.95. The third kappa shape index (κ3) is 12.8. The molecule has 0 aliphatic carbocycles. The van der Waals surface area contributed by atoms with Crippen molar-refractivity contribution in [1.29, 1.82) is 0 Å². The lowest BCUT2D eigenvalue weighted by Gasteiger charge is -2.21. The average molecular weight is 444 g/mol. The first-order valence-corrected chi connectivity index (χ1v) is 9.80. The third-order valence-electron chi connectivity index (χ3n) is 4.10. The van der Waals surface area contributed by atoms with Gasteiger partial charge in [0.25, 0.3) is 0 Å². The van der Waals surface area contributed by atoms with Gasteiger partial charge < -0.3 is 36.6 Å². The van der Waals surface area contributed by atoms with Gasteiger partial charge in [-0.05, 0) is 12.8 Å². The highest BCUT2D eigenvalue weighted by Gasteiger charge is 2.21. The maximum atomic E-state index is 12.2. The van der Waals surface area contributed by atoms with Crippen LogP contribution in [0.4, 0.5) is 0 Å². The number of hydrogen-bond acceptors (Lipinski definition) is 8. The molecule has 0 aromatic heterocycles. The van der Waals surface area contributed by atoms with Crippen LogP contribution in [0.25, 0.3) is 0 Å². The van der Waals surface area contributed by atoms with E-state index in [1.807, 2.05) is 13.8 Å². The van der Waals surface area contributed by atoms with E-state index < -0.39 is 55.8 Å². The van der Waals surface area contributed by atoms with Crippen molar-refractivity contribution in [3.05, 3.63) is 0 Å². The number of carbonyl (C=O) groups excluding carboxylic acids is 6. The summed E-state index contributed by atoms with van der Waals surface area (Å²) in [6.45, 7) is 1.34. The number of ether oxygens (including phenoxy) is 1. The molecule has 5 amide bonds. The van der Waals surface area contributed by atoms with Crippen LogP contribution in [0.15, 0.2) is 0 Å². The molecule has 13 nitrogen and oxygen atoms in total. The smallest absolute Gasteiger partial charge is 0.325 e. The van der Waals surface area contributed by atoms with Crippen molar-refractivity contribution in [3.8, 4) is 0 Å². The number of methoxy groups -OCH3 is 1. The molecule has 0 unspecified atom stereocenters. The Morgan fingerprint density at radius 2 is 1.35 bits per heavy atom. The number of amides is 5. The molecule has 0 atom stereocenters. The fourth-order valence-corrected chi connectivity index (χ4v) is 2.23. The Morgan fingerprint density at radius 1 is 0.806 bits per heavy atom. The average Bonchev–Trinajstić information content (AvgIpc) is 2.77. The number of nitrogens with two attached hydrogens (primary N) is 1. The Morgan fingerprint density at radius 3 is 1.90 bits per heavy atom. The van der Waals surface area contributed by atoms with Gasteiger partial charge in [0.15, 0.2) is 0 Å². The Kier molecular flexibility index (Phi) is 14.0. The van der Waals surface area contributed by atoms with Gasteiger partial charge in [-0.2, -0.15) is 0 Å². The number of nitrogens with one attached hydrogen (secondary N) is 4. The molecule has 0 saturated heterocycles. The van der Waals surface area contributed by atoms with Crippen LogP contribution in [0, 0.1) is 0 Å². The second-order valence-electron chi connectivity index (χ2n) is 6.44. The predicted molar refractivity (Wildman–Crippen MR) is 109 cm³/mol. The first kappa shape index (κ1) is 27.8. The monoisotopic (exact) mass is 444 g/mol. The van der Waals surface area contributed by atoms with E-state index in [4.69, 9.17) is 5.73 Å². The Labute approximate surface area is 180 Å². The van der Waals surface area contributed by atoms with E-state index in [0.717, 1.165) is 24.9 Å². The highest BCUT2D eigenvalue weighted by molar-refractivity contribution is 5.92. The molecular weight excluding hydrogens is 412 g/mol. The van der Waals surface area contributed by atoms with Gasteiger partial charge in [-0.25, -0.2) is 0 Å². The zero-order valence-electron chi connectivity index (χ0n) is 18.1. The third-order valence-corrected chi connectivity index (χ3v) is 4.10. The summed E-state index contributed by atoms with van der Waals surface area (Å²) in [5, 5.41) is 9.65. The van der Waals surface area contributed by atoms with E-state index in [1.54, 1.807) is 0 Å². The Hall–Kier alpha value is -3.22. The molecule has 0 spiro atoms. The fraction of sp³-hybridized carbons (Fsp3) is 0.667. The van der Waals surface area contributed by atoms with Crippen LogP contribution in [0.1, 0.15) is 26.7 Å². The summed E-state index contributed by atoms with van der Waals surface area (Å²) < 4.78 is 4.48. The van der Waals surface area contributed by atoms with Crippen molar-refractivity contribution in [3.63, 3.8) is 0 Å². The van der Waals surface area contributed by atoms with Gasteiger partial charge in [-0.3, -0.25) is 28.8 Å². The second-order valence-corrected chi connectivity index (χ2v) is 6.44. The number of hydrogen-bond donors (Lipinski definition) is 5. The molecule has 0 aromatic rings. The largest absolute Gasteiger partial charge is 0.468 e. The van der Waals surface area contributed by atoms with Gasteiger partial charge >= 0.3 is 5.97 Å². The summed E-state index contributed by atoms with van der Waals surface area (Å²) in [5.74, 6) is -3.74. The molecule has 0 bridgehead atoms. The first-order chi connectivity index (χ1) is 14.7. The molecule has 0 aliphatic rings. The van der Waals surface area contributed by atoms with Crippen LogP contribution in [0.5, 0.6) is 0 Å². The lowest BCUT2D eigenvalue weighted by molar-refractivity contribution is -0.148. The summed E-state index contributed by atoms with van der Waals surface area (Å²) in [6.07, 6.45) is 1.53. The molecule has 0 fully saturated rings. The lowest BCUT2D eigenvalue weighted by Crippen LogP contribution is -2.49. The van der Waals surface area contributed by atoms with E-state index in [9.17, 15) is 28.8 Å². The molecule has 0 saturated carbocycles. The van der Waals surface area contributed by atoms with Crippen molar-refractivity contribution in [2.45, 2.75) is 32.7 Å². The number of esters is 1. The zero-order valence-corrected chi connectivity index (χ0v) is 18.1. The molecule has 31 heavy (non-hydrogen) atoms. The quantitative estimate of drug-likeness (QED) is 0.171. The summed E-state index contributed by atoms with van der Waals surface area (Å²) in [5.41, 5.74) is 5.13. The maximum absolute atomic E-state index is 12.2. The maximum Gasteiger partial charge on any atom is 0.325 e. The zero-order chi connectivity index (χ0) is 23.8. The number of nitrogens with zero attached hydrogens (tertiary/aromatic N) is 1. The molecule has 6 N–H and O–H groups in total. The van der Waals surface area contributed by atoms with Crippen molar-refractivity contribution < 1.29 is 33.5 Å². The Balaban J connectivity index is 4.54.